The van der Waals surface area contributed by atoms with Gasteiger partial charge in [0.25, 0.3) is 0 Å². The highest BCUT2D eigenvalue weighted by Crippen LogP contribution is 2.52. The number of aliphatic hydroxyl groups excluding tert-OH is 1. The molecular formula is C19H22N4O. The lowest BCUT2D eigenvalue weighted by atomic mass is 9.57. The van der Waals surface area contributed by atoms with Crippen LogP contribution in [0.1, 0.15) is 39.7 Å². The lowest BCUT2D eigenvalue weighted by molar-refractivity contribution is 0.167. The lowest BCUT2D eigenvalue weighted by Crippen LogP contribution is -2.40. The molecule has 0 spiro atoms. The second kappa shape index (κ2) is 6.09. The van der Waals surface area contributed by atoms with Gasteiger partial charge < -0.3 is 5.11 Å². The quantitative estimate of drug-likeness (QED) is 0.908. The van der Waals surface area contributed by atoms with Gasteiger partial charge in [0.15, 0.2) is 0 Å². The van der Waals surface area contributed by atoms with Crippen molar-refractivity contribution in [1.82, 2.24) is 9.97 Å². The van der Waals surface area contributed by atoms with Gasteiger partial charge in [-0.25, -0.2) is 9.97 Å². The summed E-state index contributed by atoms with van der Waals surface area (Å²) in [6, 6.07) is 4.66. The van der Waals surface area contributed by atoms with E-state index in [9.17, 15) is 15.6 Å². The zero-order valence-corrected chi connectivity index (χ0v) is 14.5. The average molecular weight is 322 g/mol. The van der Waals surface area contributed by atoms with E-state index in [2.05, 4.69) is 22.1 Å². The molecule has 0 saturated heterocycles. The maximum absolute atomic E-state index is 10.3. The maximum Gasteiger partial charge on any atom is 0.115 e. The van der Waals surface area contributed by atoms with Gasteiger partial charge in [0.05, 0.1) is 23.0 Å². The van der Waals surface area contributed by atoms with Gasteiger partial charge in [-0.3, -0.25) is 0 Å². The Morgan fingerprint density at radius 1 is 1.17 bits per heavy atom. The van der Waals surface area contributed by atoms with Crippen LogP contribution in [-0.2, 0) is 6.42 Å². The van der Waals surface area contributed by atoms with Crippen molar-refractivity contribution in [1.29, 1.82) is 10.5 Å². The highest BCUT2D eigenvalue weighted by molar-refractivity contribution is 5.38. The summed E-state index contributed by atoms with van der Waals surface area (Å²) in [5.41, 5.74) is -0.394. The fourth-order valence-corrected chi connectivity index (χ4v) is 3.05. The standard InChI is InChI=1S/C19H22N4O/c1-17(2,11-20)15-5-16(24)8-19(7-15,18(3,4)12-21)6-14-9-22-13-23-10-14/h5,8-10,13,24H,6-7H2,1-4H3. The van der Waals surface area contributed by atoms with Crippen molar-refractivity contribution in [3.8, 4) is 12.1 Å². The SMILES string of the molecule is CC(C)(C#N)C1=CC(O)=CC(Cc2cncnc2)(C(C)(C)C#N)C1. The third-order valence-electron chi connectivity index (χ3n) is 4.99. The number of hydrogen-bond acceptors (Lipinski definition) is 5. The van der Waals surface area contributed by atoms with E-state index in [4.69, 9.17) is 0 Å². The molecule has 0 saturated carbocycles. The molecule has 1 aromatic rings. The number of nitrogens with zero attached hydrogens (tertiary/aromatic N) is 4. The van der Waals surface area contributed by atoms with Gasteiger partial charge in [0.1, 0.15) is 12.1 Å². The molecule has 1 atom stereocenters. The van der Waals surface area contributed by atoms with Crippen molar-refractivity contribution in [3.05, 3.63) is 47.8 Å². The minimum absolute atomic E-state index is 0.0970. The molecule has 24 heavy (non-hydrogen) atoms. The van der Waals surface area contributed by atoms with Gasteiger partial charge >= 0.3 is 0 Å². The number of allylic oxidation sites excluding steroid dienone is 3. The molecular weight excluding hydrogens is 300 g/mol. The highest BCUT2D eigenvalue weighted by atomic mass is 16.3. The van der Waals surface area contributed by atoms with Crippen LogP contribution in [0.15, 0.2) is 42.2 Å². The molecule has 0 bridgehead atoms. The van der Waals surface area contributed by atoms with E-state index in [0.717, 1.165) is 11.1 Å². The smallest absolute Gasteiger partial charge is 0.115 e. The van der Waals surface area contributed by atoms with Crippen LogP contribution < -0.4 is 0 Å². The molecule has 0 aromatic carbocycles. The normalized spacial score (nSPS) is 21.2. The minimum atomic E-state index is -0.748. The average Bonchev–Trinajstić information content (AvgIpc) is 2.55. The molecule has 0 radical (unpaired) electrons. The van der Waals surface area contributed by atoms with Gasteiger partial charge in [0.2, 0.25) is 0 Å². The summed E-state index contributed by atoms with van der Waals surface area (Å²) in [4.78, 5) is 8.10. The molecule has 2 rings (SSSR count). The van der Waals surface area contributed by atoms with Gasteiger partial charge in [-0.05, 0) is 63.8 Å². The molecule has 124 valence electrons. The summed E-state index contributed by atoms with van der Waals surface area (Å²) in [6.07, 6.45) is 9.34. The Labute approximate surface area is 143 Å². The van der Waals surface area contributed by atoms with Crippen LogP contribution in [0.3, 0.4) is 0 Å². The number of aromatic nitrogens is 2. The second-order valence-corrected chi connectivity index (χ2v) is 7.47. The van der Waals surface area contributed by atoms with E-state index < -0.39 is 16.2 Å². The van der Waals surface area contributed by atoms with Gasteiger partial charge in [-0.2, -0.15) is 10.5 Å². The predicted molar refractivity (Wildman–Crippen MR) is 90.4 cm³/mol. The first-order valence-corrected chi connectivity index (χ1v) is 7.85. The van der Waals surface area contributed by atoms with E-state index >= 15 is 0 Å². The van der Waals surface area contributed by atoms with Crippen molar-refractivity contribution in [2.45, 2.75) is 40.5 Å². The van der Waals surface area contributed by atoms with Crippen LogP contribution >= 0.6 is 0 Å². The van der Waals surface area contributed by atoms with Crippen LogP contribution in [0.5, 0.6) is 0 Å². The molecule has 0 fully saturated rings. The summed E-state index contributed by atoms with van der Waals surface area (Å²) >= 11 is 0. The zero-order chi connectivity index (χ0) is 18.0. The first kappa shape index (κ1) is 17.7. The van der Waals surface area contributed by atoms with Crippen LogP contribution in [0, 0.1) is 38.9 Å². The summed E-state index contributed by atoms with van der Waals surface area (Å²) in [7, 11) is 0. The lowest BCUT2D eigenvalue weighted by Gasteiger charge is -2.44. The van der Waals surface area contributed by atoms with E-state index in [1.54, 1.807) is 24.5 Å². The molecule has 0 aliphatic heterocycles. The van der Waals surface area contributed by atoms with E-state index in [1.807, 2.05) is 27.7 Å². The van der Waals surface area contributed by atoms with Crippen LogP contribution in [0.2, 0.25) is 0 Å². The summed E-state index contributed by atoms with van der Waals surface area (Å²) in [5, 5.41) is 29.6. The monoisotopic (exact) mass is 322 g/mol. The highest BCUT2D eigenvalue weighted by Gasteiger charge is 2.48. The molecule has 5 nitrogen and oxygen atoms in total. The summed E-state index contributed by atoms with van der Waals surface area (Å²) in [6.45, 7) is 7.38. The predicted octanol–water partition coefficient (Wildman–Crippen LogP) is 3.88. The second-order valence-electron chi connectivity index (χ2n) is 7.47. The number of aliphatic hydroxyl groups is 1. The molecule has 5 heteroatoms. The Kier molecular flexibility index (Phi) is 4.49. The number of nitriles is 2. The summed E-state index contributed by atoms with van der Waals surface area (Å²) < 4.78 is 0. The fraction of sp³-hybridized carbons (Fsp3) is 0.474. The van der Waals surface area contributed by atoms with E-state index in [-0.39, 0.29) is 5.76 Å². The first-order valence-electron chi connectivity index (χ1n) is 7.85. The Hall–Kier alpha value is -2.66. The Morgan fingerprint density at radius 3 is 2.33 bits per heavy atom. The van der Waals surface area contributed by atoms with Crippen molar-refractivity contribution in [2.75, 3.05) is 0 Å². The van der Waals surface area contributed by atoms with Gasteiger partial charge in [-0.15, -0.1) is 0 Å². The van der Waals surface area contributed by atoms with Crippen molar-refractivity contribution in [2.24, 2.45) is 16.2 Å². The van der Waals surface area contributed by atoms with Crippen molar-refractivity contribution in [3.63, 3.8) is 0 Å². The largest absolute Gasteiger partial charge is 0.508 e. The van der Waals surface area contributed by atoms with Gasteiger partial charge in [0, 0.05) is 17.8 Å². The molecule has 1 unspecified atom stereocenters. The number of hydrogen-bond donors (Lipinski definition) is 1. The maximum atomic E-state index is 10.3. The van der Waals surface area contributed by atoms with Crippen LogP contribution in [0.4, 0.5) is 0 Å². The minimum Gasteiger partial charge on any atom is -0.508 e. The molecule has 1 aromatic heterocycles. The Bertz CT molecular complexity index is 763. The van der Waals surface area contributed by atoms with Crippen LogP contribution in [0.25, 0.3) is 0 Å². The Morgan fingerprint density at radius 2 is 1.79 bits per heavy atom. The number of rotatable bonds is 4. The molecule has 1 aliphatic rings. The summed E-state index contributed by atoms with van der Waals surface area (Å²) in [5.74, 6) is 0.0970. The Balaban J connectivity index is 2.56. The van der Waals surface area contributed by atoms with E-state index in [1.165, 1.54) is 6.33 Å². The first-order chi connectivity index (χ1) is 11.2. The van der Waals surface area contributed by atoms with Crippen molar-refractivity contribution < 1.29 is 5.11 Å². The zero-order valence-electron chi connectivity index (χ0n) is 14.5. The van der Waals surface area contributed by atoms with Crippen molar-refractivity contribution >= 4 is 0 Å². The third kappa shape index (κ3) is 3.16. The fourth-order valence-electron chi connectivity index (χ4n) is 3.05. The molecule has 1 N–H and O–H groups in total. The molecule has 1 heterocycles. The molecule has 0 amide bonds. The van der Waals surface area contributed by atoms with Gasteiger partial charge in [-0.1, -0.05) is 0 Å². The molecule has 1 aliphatic carbocycles. The third-order valence-corrected chi connectivity index (χ3v) is 4.99. The van der Waals surface area contributed by atoms with E-state index in [0.29, 0.717) is 12.8 Å². The van der Waals surface area contributed by atoms with Crippen LogP contribution in [-0.4, -0.2) is 15.1 Å². The topological polar surface area (TPSA) is 93.6 Å².